The van der Waals surface area contributed by atoms with E-state index in [-0.39, 0.29) is 18.4 Å². The van der Waals surface area contributed by atoms with E-state index in [1.807, 2.05) is 12.1 Å². The van der Waals surface area contributed by atoms with Gasteiger partial charge in [0, 0.05) is 29.9 Å². The molecule has 0 saturated heterocycles. The molecule has 1 heterocycles. The van der Waals surface area contributed by atoms with Crippen LogP contribution in [0.25, 0.3) is 0 Å². The number of nitrogens with one attached hydrogen (secondary N) is 1. The second kappa shape index (κ2) is 7.79. The van der Waals surface area contributed by atoms with Gasteiger partial charge in [-0.15, -0.1) is 0 Å². The number of hydrogen-bond donors (Lipinski definition) is 2. The van der Waals surface area contributed by atoms with Gasteiger partial charge in [-0.2, -0.15) is 0 Å². The number of nitrogens with zero attached hydrogens (tertiary/aromatic N) is 1. The summed E-state index contributed by atoms with van der Waals surface area (Å²) >= 11 is 0. The maximum atomic E-state index is 12.4. The van der Waals surface area contributed by atoms with Crippen molar-refractivity contribution in [3.05, 3.63) is 53.7 Å². The Balaban J connectivity index is 1.59. The van der Waals surface area contributed by atoms with E-state index < -0.39 is 5.97 Å². The number of aromatic nitrogens is 1. The molecule has 1 aromatic carbocycles. The molecular formula is C19H20N2O4. The summed E-state index contributed by atoms with van der Waals surface area (Å²) in [6.07, 6.45) is 5.58. The van der Waals surface area contributed by atoms with Crippen LogP contribution in [0.15, 0.2) is 42.6 Å². The van der Waals surface area contributed by atoms with Gasteiger partial charge < -0.3 is 15.2 Å². The van der Waals surface area contributed by atoms with E-state index in [4.69, 9.17) is 9.84 Å². The normalized spacial score (nSPS) is 13.8. The van der Waals surface area contributed by atoms with E-state index in [1.165, 1.54) is 6.42 Å². The third-order valence-electron chi connectivity index (χ3n) is 4.18. The molecule has 6 nitrogen and oxygen atoms in total. The smallest absolute Gasteiger partial charge is 0.303 e. The Labute approximate surface area is 145 Å². The molecule has 6 heteroatoms. The van der Waals surface area contributed by atoms with Gasteiger partial charge >= 0.3 is 5.97 Å². The van der Waals surface area contributed by atoms with Gasteiger partial charge in [-0.05, 0) is 49.4 Å². The summed E-state index contributed by atoms with van der Waals surface area (Å²) in [7, 11) is 0. The van der Waals surface area contributed by atoms with Crippen LogP contribution in [0.5, 0.6) is 5.88 Å². The standard InChI is InChI=1S/C19H20N2O4/c22-18(23)9-6-13-4-7-15(8-5-13)21-19(24)14-10-11-20-17(12-14)25-16-2-1-3-16/h4-5,7-8,10-12,16H,1-3,6,9H2,(H,21,24)(H,22,23). The average Bonchev–Trinajstić information content (AvgIpc) is 2.58. The van der Waals surface area contributed by atoms with Crippen molar-refractivity contribution in [3.63, 3.8) is 0 Å². The second-order valence-corrected chi connectivity index (χ2v) is 6.10. The van der Waals surface area contributed by atoms with Crippen LogP contribution in [-0.4, -0.2) is 28.1 Å². The van der Waals surface area contributed by atoms with Crippen molar-refractivity contribution < 1.29 is 19.4 Å². The lowest BCUT2D eigenvalue weighted by Gasteiger charge is -2.25. The highest BCUT2D eigenvalue weighted by atomic mass is 16.5. The highest BCUT2D eigenvalue weighted by molar-refractivity contribution is 6.04. The second-order valence-electron chi connectivity index (χ2n) is 6.10. The highest BCUT2D eigenvalue weighted by Gasteiger charge is 2.20. The van der Waals surface area contributed by atoms with Crippen molar-refractivity contribution in [1.29, 1.82) is 0 Å². The number of benzene rings is 1. The Hall–Kier alpha value is -2.89. The van der Waals surface area contributed by atoms with Crippen molar-refractivity contribution in [3.8, 4) is 5.88 Å². The molecule has 1 amide bonds. The van der Waals surface area contributed by atoms with Crippen LogP contribution in [0, 0.1) is 0 Å². The number of carboxylic acids is 1. The largest absolute Gasteiger partial charge is 0.481 e. The summed E-state index contributed by atoms with van der Waals surface area (Å²) in [5.74, 6) is -0.587. The molecular weight excluding hydrogens is 320 g/mol. The highest BCUT2D eigenvalue weighted by Crippen LogP contribution is 2.24. The summed E-state index contributed by atoms with van der Waals surface area (Å²) in [6, 6.07) is 10.5. The minimum absolute atomic E-state index is 0.0898. The van der Waals surface area contributed by atoms with Crippen molar-refractivity contribution in [2.24, 2.45) is 0 Å². The molecule has 1 fully saturated rings. The van der Waals surface area contributed by atoms with Crippen LogP contribution in [0.3, 0.4) is 0 Å². The quantitative estimate of drug-likeness (QED) is 0.807. The van der Waals surface area contributed by atoms with Crippen molar-refractivity contribution in [1.82, 2.24) is 4.98 Å². The van der Waals surface area contributed by atoms with Gasteiger partial charge in [0.1, 0.15) is 6.10 Å². The third kappa shape index (κ3) is 4.79. The van der Waals surface area contributed by atoms with E-state index in [1.54, 1.807) is 30.5 Å². The van der Waals surface area contributed by atoms with Crippen molar-refractivity contribution in [2.45, 2.75) is 38.2 Å². The predicted molar refractivity (Wildman–Crippen MR) is 92.9 cm³/mol. The molecule has 1 aromatic heterocycles. The fourth-order valence-electron chi connectivity index (χ4n) is 2.48. The first-order valence-corrected chi connectivity index (χ1v) is 8.35. The summed E-state index contributed by atoms with van der Waals surface area (Å²) in [5.41, 5.74) is 2.06. The molecule has 25 heavy (non-hydrogen) atoms. The molecule has 1 saturated carbocycles. The van der Waals surface area contributed by atoms with Gasteiger partial charge in [-0.1, -0.05) is 12.1 Å². The number of carbonyl (C=O) groups is 2. The zero-order valence-corrected chi connectivity index (χ0v) is 13.8. The summed E-state index contributed by atoms with van der Waals surface area (Å²) in [6.45, 7) is 0. The Kier molecular flexibility index (Phi) is 5.28. The number of aliphatic carboxylic acids is 1. The molecule has 2 N–H and O–H groups in total. The van der Waals surface area contributed by atoms with E-state index in [0.717, 1.165) is 18.4 Å². The number of anilines is 1. The minimum Gasteiger partial charge on any atom is -0.481 e. The van der Waals surface area contributed by atoms with Gasteiger partial charge in [0.2, 0.25) is 5.88 Å². The van der Waals surface area contributed by atoms with E-state index in [0.29, 0.717) is 23.6 Å². The van der Waals surface area contributed by atoms with Gasteiger partial charge in [-0.3, -0.25) is 9.59 Å². The monoisotopic (exact) mass is 340 g/mol. The van der Waals surface area contributed by atoms with E-state index >= 15 is 0 Å². The summed E-state index contributed by atoms with van der Waals surface area (Å²) in [4.78, 5) is 27.1. The van der Waals surface area contributed by atoms with E-state index in [2.05, 4.69) is 10.3 Å². The molecule has 0 radical (unpaired) electrons. The number of pyridine rings is 1. The number of ether oxygens (including phenoxy) is 1. The van der Waals surface area contributed by atoms with Crippen molar-refractivity contribution >= 4 is 17.6 Å². The van der Waals surface area contributed by atoms with Crippen LogP contribution in [0.1, 0.15) is 41.6 Å². The lowest BCUT2D eigenvalue weighted by Crippen LogP contribution is -2.25. The topological polar surface area (TPSA) is 88.5 Å². The SMILES string of the molecule is O=C(O)CCc1ccc(NC(=O)c2ccnc(OC3CCC3)c2)cc1. The molecule has 2 aromatic rings. The van der Waals surface area contributed by atoms with Gasteiger partial charge in [0.05, 0.1) is 0 Å². The van der Waals surface area contributed by atoms with Crippen LogP contribution in [-0.2, 0) is 11.2 Å². The van der Waals surface area contributed by atoms with Gasteiger partial charge in [-0.25, -0.2) is 4.98 Å². The maximum Gasteiger partial charge on any atom is 0.303 e. The van der Waals surface area contributed by atoms with Crippen LogP contribution in [0.4, 0.5) is 5.69 Å². The molecule has 130 valence electrons. The van der Waals surface area contributed by atoms with Gasteiger partial charge in [0.15, 0.2) is 0 Å². The lowest BCUT2D eigenvalue weighted by molar-refractivity contribution is -0.136. The first-order valence-electron chi connectivity index (χ1n) is 8.35. The number of amides is 1. The number of rotatable bonds is 7. The van der Waals surface area contributed by atoms with E-state index in [9.17, 15) is 9.59 Å². The molecule has 1 aliphatic rings. The molecule has 0 aliphatic heterocycles. The predicted octanol–water partition coefficient (Wildman–Crippen LogP) is 3.28. The fraction of sp³-hybridized carbons (Fsp3) is 0.316. The zero-order chi connectivity index (χ0) is 17.6. The lowest BCUT2D eigenvalue weighted by atomic mass is 9.96. The van der Waals surface area contributed by atoms with Crippen LogP contribution in [0.2, 0.25) is 0 Å². The molecule has 0 spiro atoms. The molecule has 0 bridgehead atoms. The van der Waals surface area contributed by atoms with Crippen LogP contribution < -0.4 is 10.1 Å². The molecule has 3 rings (SSSR count). The number of aryl methyl sites for hydroxylation is 1. The zero-order valence-electron chi connectivity index (χ0n) is 13.8. The van der Waals surface area contributed by atoms with Crippen LogP contribution >= 0.6 is 0 Å². The Morgan fingerprint density at radius 2 is 1.96 bits per heavy atom. The Bertz CT molecular complexity index is 754. The molecule has 1 aliphatic carbocycles. The Morgan fingerprint density at radius 1 is 1.20 bits per heavy atom. The summed E-state index contributed by atoms with van der Waals surface area (Å²) in [5, 5.41) is 11.5. The fourth-order valence-corrected chi connectivity index (χ4v) is 2.48. The Morgan fingerprint density at radius 3 is 2.60 bits per heavy atom. The molecule has 0 unspecified atom stereocenters. The van der Waals surface area contributed by atoms with Gasteiger partial charge in [0.25, 0.3) is 5.91 Å². The summed E-state index contributed by atoms with van der Waals surface area (Å²) < 4.78 is 5.71. The number of carboxylic acid groups (broad SMARTS) is 1. The van der Waals surface area contributed by atoms with Crippen molar-refractivity contribution in [2.75, 3.05) is 5.32 Å². The maximum absolute atomic E-state index is 12.4. The number of carbonyl (C=O) groups excluding carboxylic acids is 1. The first-order chi connectivity index (χ1) is 12.1. The average molecular weight is 340 g/mol. The third-order valence-corrected chi connectivity index (χ3v) is 4.18. The minimum atomic E-state index is -0.824. The number of hydrogen-bond acceptors (Lipinski definition) is 4. The first kappa shape index (κ1) is 17.0. The molecule has 0 atom stereocenters.